The molecule has 0 atom stereocenters. The molecule has 3 aromatic rings. The van der Waals surface area contributed by atoms with E-state index in [4.69, 9.17) is 9.47 Å². The third-order valence-corrected chi connectivity index (χ3v) is 3.30. The fourth-order valence-corrected chi connectivity index (χ4v) is 2.23. The summed E-state index contributed by atoms with van der Waals surface area (Å²) < 4.78 is 10.6. The number of hydrogen-bond donors (Lipinski definition) is 1. The maximum Gasteiger partial charge on any atom is 0.355 e. The number of rotatable bonds is 4. The first-order valence-corrected chi connectivity index (χ1v) is 6.64. The Bertz CT molecular complexity index is 743. The average molecular weight is 281 g/mol. The van der Waals surface area contributed by atoms with E-state index in [2.05, 4.69) is 4.98 Å². The summed E-state index contributed by atoms with van der Waals surface area (Å²) in [6, 6.07) is 17.0. The van der Waals surface area contributed by atoms with Gasteiger partial charge in [0.05, 0.1) is 7.11 Å². The molecule has 0 amide bonds. The van der Waals surface area contributed by atoms with Crippen molar-refractivity contribution in [2.75, 3.05) is 7.11 Å². The molecule has 0 saturated heterocycles. The molecule has 0 unspecified atom stereocenters. The standard InChI is InChI=1S/C17H15NO3/c1-20-16-9-5-3-7-13(16)11-21-17(19)15-10-12-6-2-4-8-14(12)18-15/h2-10,18H,11H2,1H3. The molecule has 0 aliphatic carbocycles. The Morgan fingerprint density at radius 3 is 2.67 bits per heavy atom. The van der Waals surface area contributed by atoms with Gasteiger partial charge >= 0.3 is 5.97 Å². The lowest BCUT2D eigenvalue weighted by molar-refractivity contribution is 0.0464. The highest BCUT2D eigenvalue weighted by atomic mass is 16.5. The SMILES string of the molecule is COc1ccccc1COC(=O)c1cc2ccccc2[nH]1. The third kappa shape index (κ3) is 2.74. The number of aromatic nitrogens is 1. The monoisotopic (exact) mass is 281 g/mol. The Kier molecular flexibility index (Phi) is 3.60. The third-order valence-electron chi connectivity index (χ3n) is 3.30. The van der Waals surface area contributed by atoms with Crippen LogP contribution < -0.4 is 4.74 Å². The first kappa shape index (κ1) is 13.2. The van der Waals surface area contributed by atoms with Gasteiger partial charge in [-0.05, 0) is 18.2 Å². The quantitative estimate of drug-likeness (QED) is 0.744. The highest BCUT2D eigenvalue weighted by molar-refractivity contribution is 5.94. The Morgan fingerprint density at radius 1 is 1.10 bits per heavy atom. The molecule has 3 rings (SSSR count). The van der Waals surface area contributed by atoms with Gasteiger partial charge in [0.1, 0.15) is 18.1 Å². The van der Waals surface area contributed by atoms with Gasteiger partial charge in [0, 0.05) is 16.5 Å². The van der Waals surface area contributed by atoms with Gasteiger partial charge in [-0.15, -0.1) is 0 Å². The molecule has 0 aliphatic rings. The molecule has 4 heteroatoms. The number of esters is 1. The molecule has 0 radical (unpaired) electrons. The first-order valence-electron chi connectivity index (χ1n) is 6.64. The Balaban J connectivity index is 1.74. The molecule has 1 aromatic heterocycles. The zero-order chi connectivity index (χ0) is 14.7. The maximum atomic E-state index is 12.1. The van der Waals surface area contributed by atoms with E-state index in [-0.39, 0.29) is 12.6 Å². The molecule has 106 valence electrons. The Morgan fingerprint density at radius 2 is 1.86 bits per heavy atom. The number of hydrogen-bond acceptors (Lipinski definition) is 3. The van der Waals surface area contributed by atoms with E-state index in [1.165, 1.54) is 0 Å². The summed E-state index contributed by atoms with van der Waals surface area (Å²) in [5, 5.41) is 0.988. The molecule has 1 N–H and O–H groups in total. The van der Waals surface area contributed by atoms with E-state index < -0.39 is 0 Å². The normalized spacial score (nSPS) is 10.5. The van der Waals surface area contributed by atoms with Crippen LogP contribution in [0.4, 0.5) is 0 Å². The van der Waals surface area contributed by atoms with Gasteiger partial charge in [-0.3, -0.25) is 0 Å². The number of methoxy groups -OCH3 is 1. The minimum absolute atomic E-state index is 0.179. The van der Waals surface area contributed by atoms with Gasteiger partial charge in [-0.1, -0.05) is 36.4 Å². The molecule has 21 heavy (non-hydrogen) atoms. The molecule has 4 nitrogen and oxygen atoms in total. The van der Waals surface area contributed by atoms with E-state index in [0.29, 0.717) is 11.4 Å². The molecule has 1 heterocycles. The van der Waals surface area contributed by atoms with Crippen molar-refractivity contribution in [3.8, 4) is 5.75 Å². The van der Waals surface area contributed by atoms with Crippen LogP contribution in [0.15, 0.2) is 54.6 Å². The maximum absolute atomic E-state index is 12.1. The van der Waals surface area contributed by atoms with Crippen molar-refractivity contribution in [3.63, 3.8) is 0 Å². The van der Waals surface area contributed by atoms with E-state index in [0.717, 1.165) is 16.5 Å². The molecular weight excluding hydrogens is 266 g/mol. The molecule has 2 aromatic carbocycles. The van der Waals surface area contributed by atoms with Crippen molar-refractivity contribution in [2.45, 2.75) is 6.61 Å². The van der Waals surface area contributed by atoms with Gasteiger partial charge in [0.2, 0.25) is 0 Å². The highest BCUT2D eigenvalue weighted by Gasteiger charge is 2.12. The molecule has 0 spiro atoms. The molecule has 0 saturated carbocycles. The van der Waals surface area contributed by atoms with Crippen molar-refractivity contribution in [2.24, 2.45) is 0 Å². The van der Waals surface area contributed by atoms with Crippen molar-refractivity contribution in [1.29, 1.82) is 0 Å². The zero-order valence-electron chi connectivity index (χ0n) is 11.6. The summed E-state index contributed by atoms with van der Waals surface area (Å²) in [6.07, 6.45) is 0. The topological polar surface area (TPSA) is 51.3 Å². The number of para-hydroxylation sites is 2. The van der Waals surface area contributed by atoms with Crippen molar-refractivity contribution >= 4 is 16.9 Å². The number of carbonyl (C=O) groups is 1. The zero-order valence-corrected chi connectivity index (χ0v) is 11.6. The summed E-state index contributed by atoms with van der Waals surface area (Å²) in [6.45, 7) is 0.179. The number of carbonyl (C=O) groups excluding carboxylic acids is 1. The first-order chi connectivity index (χ1) is 10.3. The number of fused-ring (bicyclic) bond motifs is 1. The second kappa shape index (κ2) is 5.71. The molecule has 0 bridgehead atoms. The minimum atomic E-state index is -0.378. The number of aromatic amines is 1. The van der Waals surface area contributed by atoms with Crippen LogP contribution in [0.25, 0.3) is 10.9 Å². The van der Waals surface area contributed by atoms with Crippen LogP contribution in [0, 0.1) is 0 Å². The fourth-order valence-electron chi connectivity index (χ4n) is 2.23. The van der Waals surface area contributed by atoms with Crippen molar-refractivity contribution < 1.29 is 14.3 Å². The second-order valence-corrected chi connectivity index (χ2v) is 4.66. The smallest absolute Gasteiger partial charge is 0.355 e. The van der Waals surface area contributed by atoms with Crippen LogP contribution in [0.5, 0.6) is 5.75 Å². The Labute approximate surface area is 122 Å². The predicted octanol–water partition coefficient (Wildman–Crippen LogP) is 3.53. The minimum Gasteiger partial charge on any atom is -0.496 e. The lowest BCUT2D eigenvalue weighted by atomic mass is 10.2. The largest absolute Gasteiger partial charge is 0.496 e. The van der Waals surface area contributed by atoms with Gasteiger partial charge in [0.25, 0.3) is 0 Å². The van der Waals surface area contributed by atoms with E-state index in [1.54, 1.807) is 13.2 Å². The summed E-state index contributed by atoms with van der Waals surface area (Å²) in [5.74, 6) is 0.332. The van der Waals surface area contributed by atoms with Crippen LogP contribution in [-0.4, -0.2) is 18.1 Å². The number of benzene rings is 2. The van der Waals surface area contributed by atoms with Gasteiger partial charge < -0.3 is 14.5 Å². The van der Waals surface area contributed by atoms with Crippen LogP contribution in [-0.2, 0) is 11.3 Å². The fraction of sp³-hybridized carbons (Fsp3) is 0.118. The van der Waals surface area contributed by atoms with Crippen LogP contribution in [0.2, 0.25) is 0 Å². The molecular formula is C17H15NO3. The number of nitrogens with one attached hydrogen (secondary N) is 1. The number of H-pyrrole nitrogens is 1. The van der Waals surface area contributed by atoms with Gasteiger partial charge in [-0.25, -0.2) is 4.79 Å². The van der Waals surface area contributed by atoms with Gasteiger partial charge in [0.15, 0.2) is 0 Å². The summed E-state index contributed by atoms with van der Waals surface area (Å²) in [7, 11) is 1.60. The summed E-state index contributed by atoms with van der Waals surface area (Å²) >= 11 is 0. The van der Waals surface area contributed by atoms with E-state index >= 15 is 0 Å². The van der Waals surface area contributed by atoms with Crippen molar-refractivity contribution in [3.05, 3.63) is 65.9 Å². The Hall–Kier alpha value is -2.75. The second-order valence-electron chi connectivity index (χ2n) is 4.66. The van der Waals surface area contributed by atoms with Gasteiger partial charge in [-0.2, -0.15) is 0 Å². The predicted molar refractivity (Wildman–Crippen MR) is 80.4 cm³/mol. The van der Waals surface area contributed by atoms with Crippen LogP contribution in [0.3, 0.4) is 0 Å². The van der Waals surface area contributed by atoms with E-state index in [1.807, 2.05) is 48.5 Å². The van der Waals surface area contributed by atoms with Crippen molar-refractivity contribution in [1.82, 2.24) is 4.98 Å². The lowest BCUT2D eigenvalue weighted by Gasteiger charge is -2.08. The van der Waals surface area contributed by atoms with E-state index in [9.17, 15) is 4.79 Å². The lowest BCUT2D eigenvalue weighted by Crippen LogP contribution is -2.06. The molecule has 0 aliphatic heterocycles. The molecule has 0 fully saturated rings. The van der Waals surface area contributed by atoms with Crippen LogP contribution >= 0.6 is 0 Å². The summed E-state index contributed by atoms with van der Waals surface area (Å²) in [4.78, 5) is 15.1. The highest BCUT2D eigenvalue weighted by Crippen LogP contribution is 2.19. The number of ether oxygens (including phenoxy) is 2. The summed E-state index contributed by atoms with van der Waals surface area (Å²) in [5.41, 5.74) is 2.21. The average Bonchev–Trinajstić information content (AvgIpc) is 2.97. The van der Waals surface area contributed by atoms with Crippen LogP contribution in [0.1, 0.15) is 16.1 Å².